The van der Waals surface area contributed by atoms with E-state index in [9.17, 15) is 19.8 Å². The van der Waals surface area contributed by atoms with Gasteiger partial charge in [-0.05, 0) is 61.5 Å². The third-order valence-corrected chi connectivity index (χ3v) is 6.45. The van der Waals surface area contributed by atoms with E-state index >= 15 is 0 Å². The normalized spacial score (nSPS) is 21.5. The van der Waals surface area contributed by atoms with Gasteiger partial charge in [-0.25, -0.2) is 0 Å². The highest BCUT2D eigenvalue weighted by atomic mass is 16.5. The van der Waals surface area contributed by atoms with Crippen LogP contribution in [0.2, 0.25) is 0 Å². The summed E-state index contributed by atoms with van der Waals surface area (Å²) in [6, 6.07) is 11.0. The first-order valence-corrected chi connectivity index (χ1v) is 11.4. The molecule has 1 fully saturated rings. The van der Waals surface area contributed by atoms with Crippen LogP contribution in [0.15, 0.2) is 48.0 Å². The van der Waals surface area contributed by atoms with Crippen LogP contribution in [0.3, 0.4) is 0 Å². The average molecular weight is 451 g/mol. The number of carbonyl (C=O) groups excluding carboxylic acids is 2. The number of likely N-dealkylation sites (tertiary alicyclic amines) is 1. The lowest BCUT2D eigenvalue weighted by atomic mass is 9.94. The summed E-state index contributed by atoms with van der Waals surface area (Å²) < 4.78 is 5.74. The number of fused-ring (bicyclic) bond motifs is 1. The minimum absolute atomic E-state index is 0.0329. The Bertz CT molecular complexity index is 1110. The number of aliphatic hydroxyl groups is 1. The van der Waals surface area contributed by atoms with E-state index in [1.165, 1.54) is 17.0 Å². The van der Waals surface area contributed by atoms with Crippen molar-refractivity contribution in [2.24, 2.45) is 0 Å². The number of ether oxygens (including phenoxy) is 1. The van der Waals surface area contributed by atoms with E-state index in [4.69, 9.17) is 4.74 Å². The number of benzene rings is 2. The minimum Gasteiger partial charge on any atom is -0.508 e. The molecule has 0 aromatic heterocycles. The van der Waals surface area contributed by atoms with Crippen LogP contribution in [0.25, 0.3) is 5.76 Å². The van der Waals surface area contributed by atoms with Crippen molar-refractivity contribution in [2.75, 3.05) is 26.2 Å². The summed E-state index contributed by atoms with van der Waals surface area (Å²) in [4.78, 5) is 29.9. The van der Waals surface area contributed by atoms with Gasteiger partial charge in [-0.2, -0.15) is 0 Å². The van der Waals surface area contributed by atoms with Gasteiger partial charge in [-0.1, -0.05) is 26.0 Å². The Balaban J connectivity index is 1.79. The van der Waals surface area contributed by atoms with Crippen LogP contribution in [0.5, 0.6) is 11.5 Å². The Labute approximate surface area is 193 Å². The van der Waals surface area contributed by atoms with Crippen LogP contribution in [-0.4, -0.2) is 64.0 Å². The minimum atomic E-state index is -0.781. The summed E-state index contributed by atoms with van der Waals surface area (Å²) in [5.74, 6) is -0.774. The van der Waals surface area contributed by atoms with E-state index in [1.807, 2.05) is 26.8 Å². The van der Waals surface area contributed by atoms with Crippen LogP contribution in [0, 0.1) is 0 Å². The number of nitrogens with zero attached hydrogens (tertiary/aromatic N) is 2. The molecule has 2 atom stereocenters. The highest BCUT2D eigenvalue weighted by Gasteiger charge is 2.46. The van der Waals surface area contributed by atoms with E-state index in [2.05, 4.69) is 4.90 Å². The fourth-order valence-corrected chi connectivity index (χ4v) is 4.67. The summed E-state index contributed by atoms with van der Waals surface area (Å²) >= 11 is 0. The van der Waals surface area contributed by atoms with Crippen LogP contribution in [0.1, 0.15) is 43.5 Å². The summed E-state index contributed by atoms with van der Waals surface area (Å²) in [5.41, 5.74) is 2.04. The van der Waals surface area contributed by atoms with Gasteiger partial charge in [0, 0.05) is 25.1 Å². The zero-order valence-electron chi connectivity index (χ0n) is 19.2. The number of ketones is 1. The van der Waals surface area contributed by atoms with Crippen molar-refractivity contribution < 1.29 is 24.5 Å². The molecule has 0 aliphatic carbocycles. The number of hydrogen-bond donors (Lipinski definition) is 2. The molecule has 0 radical (unpaired) electrons. The molecule has 1 amide bonds. The fourth-order valence-electron chi connectivity index (χ4n) is 4.67. The van der Waals surface area contributed by atoms with E-state index < -0.39 is 17.7 Å². The Hall–Kier alpha value is -3.32. The molecule has 2 aliphatic rings. The number of carbonyl (C=O) groups is 2. The molecule has 0 saturated carbocycles. The molecule has 7 heteroatoms. The summed E-state index contributed by atoms with van der Waals surface area (Å²) in [6.07, 6.45) is 0.764. The molecule has 0 bridgehead atoms. The zero-order valence-corrected chi connectivity index (χ0v) is 19.2. The first-order valence-electron chi connectivity index (χ1n) is 11.4. The first kappa shape index (κ1) is 22.9. The molecule has 2 aromatic rings. The molecule has 174 valence electrons. The van der Waals surface area contributed by atoms with E-state index in [-0.39, 0.29) is 23.2 Å². The van der Waals surface area contributed by atoms with Crippen molar-refractivity contribution >= 4 is 17.4 Å². The van der Waals surface area contributed by atoms with Gasteiger partial charge in [0.25, 0.3) is 11.7 Å². The van der Waals surface area contributed by atoms with Crippen LogP contribution < -0.4 is 4.74 Å². The fraction of sp³-hybridized carbons (Fsp3) is 0.385. The quantitative estimate of drug-likeness (QED) is 0.381. The number of hydrogen-bond acceptors (Lipinski definition) is 6. The van der Waals surface area contributed by atoms with Crippen molar-refractivity contribution in [3.05, 3.63) is 64.7 Å². The molecule has 33 heavy (non-hydrogen) atoms. The molecular weight excluding hydrogens is 420 g/mol. The number of likely N-dealkylation sites (N-methyl/N-ethyl adjacent to an activating group) is 1. The van der Waals surface area contributed by atoms with Crippen molar-refractivity contribution in [1.29, 1.82) is 0 Å². The molecule has 0 spiro atoms. The number of rotatable bonds is 7. The smallest absolute Gasteiger partial charge is 0.295 e. The number of phenolic OH excluding ortho intramolecular Hbond substituents is 1. The molecule has 2 aromatic carbocycles. The predicted molar refractivity (Wildman–Crippen MR) is 125 cm³/mol. The second-order valence-electron chi connectivity index (χ2n) is 8.57. The maximum atomic E-state index is 13.2. The highest BCUT2D eigenvalue weighted by Crippen LogP contribution is 2.41. The van der Waals surface area contributed by atoms with Crippen molar-refractivity contribution in [3.8, 4) is 11.5 Å². The Kier molecular flexibility index (Phi) is 6.42. The average Bonchev–Trinajstić information content (AvgIpc) is 3.30. The van der Waals surface area contributed by atoms with Crippen molar-refractivity contribution in [2.45, 2.75) is 39.3 Å². The van der Waals surface area contributed by atoms with E-state index in [0.29, 0.717) is 30.6 Å². The Morgan fingerprint density at radius 2 is 1.91 bits per heavy atom. The number of Topliss-reactive ketones (excluding diaryl/α,β-unsaturated/α-hetero) is 1. The molecule has 7 nitrogen and oxygen atoms in total. The monoisotopic (exact) mass is 450 g/mol. The SMILES string of the molecule is CCN(CC)CCN1C(=O)C(=O)C(=C(O)c2ccc3c(c2)C[C@H](C)O3)[C@H]1c1cccc(O)c1. The lowest BCUT2D eigenvalue weighted by Crippen LogP contribution is -2.38. The largest absolute Gasteiger partial charge is 0.508 e. The molecule has 1 saturated heterocycles. The molecule has 2 aliphatic heterocycles. The molecule has 0 unspecified atom stereocenters. The first-order chi connectivity index (χ1) is 15.8. The second-order valence-corrected chi connectivity index (χ2v) is 8.57. The van der Waals surface area contributed by atoms with Gasteiger partial charge >= 0.3 is 0 Å². The van der Waals surface area contributed by atoms with Crippen molar-refractivity contribution in [1.82, 2.24) is 9.80 Å². The van der Waals surface area contributed by atoms with Gasteiger partial charge in [-0.15, -0.1) is 0 Å². The maximum Gasteiger partial charge on any atom is 0.295 e. The molecule has 4 rings (SSSR count). The lowest BCUT2D eigenvalue weighted by Gasteiger charge is -2.28. The number of aromatic hydroxyl groups is 1. The van der Waals surface area contributed by atoms with Crippen LogP contribution >= 0.6 is 0 Å². The number of amides is 1. The van der Waals surface area contributed by atoms with E-state index in [1.54, 1.807) is 24.3 Å². The van der Waals surface area contributed by atoms with Crippen molar-refractivity contribution in [3.63, 3.8) is 0 Å². The number of phenols is 1. The second kappa shape index (κ2) is 9.27. The Morgan fingerprint density at radius 3 is 2.61 bits per heavy atom. The van der Waals surface area contributed by atoms with E-state index in [0.717, 1.165) is 24.4 Å². The Morgan fingerprint density at radius 1 is 1.15 bits per heavy atom. The standard InChI is InChI=1S/C26H30N2O5/c1-4-27(5-2)11-12-28-23(17-7-6-8-20(29)15-17)22(25(31)26(28)32)24(30)18-9-10-21-19(14-18)13-16(3)33-21/h6-10,14-16,23,29-30H,4-5,11-13H2,1-3H3/t16-,23+/m0/s1. The highest BCUT2D eigenvalue weighted by molar-refractivity contribution is 6.46. The van der Waals surface area contributed by atoms with Crippen LogP contribution in [0.4, 0.5) is 0 Å². The van der Waals surface area contributed by atoms with Gasteiger partial charge in [-0.3, -0.25) is 9.59 Å². The van der Waals surface area contributed by atoms with Crippen LogP contribution in [-0.2, 0) is 16.0 Å². The maximum absolute atomic E-state index is 13.2. The van der Waals surface area contributed by atoms with Gasteiger partial charge in [0.1, 0.15) is 23.4 Å². The molecular formula is C26H30N2O5. The zero-order chi connectivity index (χ0) is 23.7. The molecule has 2 heterocycles. The number of aliphatic hydroxyl groups excluding tert-OH is 1. The van der Waals surface area contributed by atoms with Gasteiger partial charge in [0.15, 0.2) is 0 Å². The third kappa shape index (κ3) is 4.33. The topological polar surface area (TPSA) is 90.3 Å². The van der Waals surface area contributed by atoms with Gasteiger partial charge < -0.3 is 24.7 Å². The lowest BCUT2D eigenvalue weighted by molar-refractivity contribution is -0.140. The van der Waals surface area contributed by atoms with Gasteiger partial charge in [0.2, 0.25) is 0 Å². The summed E-state index contributed by atoms with van der Waals surface area (Å²) in [7, 11) is 0. The third-order valence-electron chi connectivity index (χ3n) is 6.45. The summed E-state index contributed by atoms with van der Waals surface area (Å²) in [5, 5.41) is 21.3. The summed E-state index contributed by atoms with van der Waals surface area (Å²) in [6.45, 7) is 8.65. The van der Waals surface area contributed by atoms with Gasteiger partial charge in [0.05, 0.1) is 11.6 Å². The molecule has 2 N–H and O–H groups in total. The predicted octanol–water partition coefficient (Wildman–Crippen LogP) is 3.48.